The molecule has 7 rings (SSSR count). The fourth-order valence-electron chi connectivity index (χ4n) is 13.7. The number of rotatable bonds is 18. The number of ketones is 1. The van der Waals surface area contributed by atoms with Gasteiger partial charge in [0.25, 0.3) is 0 Å². The molecule has 0 saturated carbocycles. The Morgan fingerprint density at radius 1 is 0.896 bits per heavy atom. The van der Waals surface area contributed by atoms with Gasteiger partial charge in [0.2, 0.25) is 11.7 Å². The van der Waals surface area contributed by atoms with Crippen molar-refractivity contribution in [3.8, 4) is 0 Å². The number of hydrogen-bond donors (Lipinski definition) is 2. The number of hydrogen-bond acceptors (Lipinski definition) is 14. The molecule has 19 atom stereocenters. The average Bonchev–Trinajstić information content (AvgIpc) is 3.75. The van der Waals surface area contributed by atoms with Gasteiger partial charge in [-0.05, 0) is 113 Å². The third kappa shape index (κ3) is 13.2. The van der Waals surface area contributed by atoms with E-state index in [0.717, 1.165) is 12.0 Å². The van der Waals surface area contributed by atoms with E-state index < -0.39 is 82.9 Å². The molecule has 432 valence electrons. The number of carbonyl (C=O) groups is 4. The molecule has 1 aromatic carbocycles. The maximum atomic E-state index is 14.9. The fourth-order valence-corrected chi connectivity index (χ4v) is 14.1. The van der Waals surface area contributed by atoms with Crippen LogP contribution in [0.2, 0.25) is 10.0 Å². The summed E-state index contributed by atoms with van der Waals surface area (Å²) in [6.45, 7) is 23.9. The molecule has 2 unspecified atom stereocenters. The number of piperazine rings is 1. The summed E-state index contributed by atoms with van der Waals surface area (Å²) in [5.74, 6) is -6.40. The van der Waals surface area contributed by atoms with E-state index in [2.05, 4.69) is 25.7 Å². The largest absolute Gasteiger partial charge is 0.469 e. The number of aliphatic hydroxyl groups excluding tert-OH is 1. The monoisotopic (exact) mass is 1120 g/mol. The van der Waals surface area contributed by atoms with E-state index in [4.69, 9.17) is 56.4 Å². The Kier molecular flexibility index (Phi) is 20.4. The molecule has 1 amide bonds. The van der Waals surface area contributed by atoms with Gasteiger partial charge in [-0.3, -0.25) is 24.1 Å². The number of ether oxygens (including phenoxy) is 7. The van der Waals surface area contributed by atoms with Crippen molar-refractivity contribution in [1.82, 2.24) is 9.80 Å². The Bertz CT molecular complexity index is 2290. The van der Waals surface area contributed by atoms with Crippen LogP contribution in [0.5, 0.6) is 0 Å². The number of nitrogens with zero attached hydrogens (tertiary/aromatic N) is 2. The molecule has 17 heteroatoms. The van der Waals surface area contributed by atoms with Gasteiger partial charge >= 0.3 is 11.9 Å². The first-order chi connectivity index (χ1) is 36.4. The molecule has 0 aliphatic carbocycles. The Morgan fingerprint density at radius 2 is 1.60 bits per heavy atom. The van der Waals surface area contributed by atoms with Crippen molar-refractivity contribution in [2.45, 2.75) is 206 Å². The minimum Gasteiger partial charge on any atom is -0.469 e. The molecule has 0 radical (unpaired) electrons. The van der Waals surface area contributed by atoms with Crippen LogP contribution in [0.3, 0.4) is 0 Å². The van der Waals surface area contributed by atoms with E-state index in [1.54, 1.807) is 37.3 Å². The Balaban J connectivity index is 0.987. The van der Waals surface area contributed by atoms with E-state index in [9.17, 15) is 29.4 Å². The summed E-state index contributed by atoms with van der Waals surface area (Å²) >= 11 is 12.5. The molecule has 0 bridgehead atoms. The van der Waals surface area contributed by atoms with Crippen LogP contribution in [0.4, 0.5) is 0 Å². The van der Waals surface area contributed by atoms with Crippen LogP contribution in [0, 0.1) is 47.3 Å². The molecular formula is C60H90Cl2N2O13. The zero-order valence-electron chi connectivity index (χ0n) is 47.8. The summed E-state index contributed by atoms with van der Waals surface area (Å²) in [5.41, 5.74) is -0.998. The van der Waals surface area contributed by atoms with Crippen molar-refractivity contribution in [1.29, 1.82) is 0 Å². The van der Waals surface area contributed by atoms with Crippen molar-refractivity contribution >= 4 is 52.9 Å². The normalized spacial score (nSPS) is 37.3. The second-order valence-corrected chi connectivity index (χ2v) is 24.8. The summed E-state index contributed by atoms with van der Waals surface area (Å²) in [6.07, 6.45) is 9.24. The molecule has 5 saturated heterocycles. The lowest BCUT2D eigenvalue weighted by Gasteiger charge is -2.54. The van der Waals surface area contributed by atoms with Gasteiger partial charge in [0, 0.05) is 79.8 Å². The summed E-state index contributed by atoms with van der Waals surface area (Å²) in [4.78, 5) is 58.8. The lowest BCUT2D eigenvalue weighted by molar-refractivity contribution is -0.409. The summed E-state index contributed by atoms with van der Waals surface area (Å²) in [6, 6.07) is 5.20. The zero-order valence-corrected chi connectivity index (χ0v) is 49.4. The molecule has 0 aromatic heterocycles. The van der Waals surface area contributed by atoms with Crippen molar-refractivity contribution in [2.75, 3.05) is 39.8 Å². The Morgan fingerprint density at radius 3 is 2.22 bits per heavy atom. The van der Waals surface area contributed by atoms with Gasteiger partial charge in [0.1, 0.15) is 5.78 Å². The molecule has 1 aromatic rings. The van der Waals surface area contributed by atoms with E-state index >= 15 is 0 Å². The quantitative estimate of drug-likeness (QED) is 0.105. The van der Waals surface area contributed by atoms with Crippen LogP contribution in [-0.2, 0) is 52.3 Å². The maximum absolute atomic E-state index is 14.9. The van der Waals surface area contributed by atoms with Crippen molar-refractivity contribution < 1.29 is 62.5 Å². The second-order valence-electron chi connectivity index (χ2n) is 23.9. The second kappa shape index (κ2) is 25.5. The van der Waals surface area contributed by atoms with Crippen LogP contribution < -0.4 is 0 Å². The van der Waals surface area contributed by atoms with Crippen LogP contribution in [-0.4, -0.2) is 149 Å². The van der Waals surface area contributed by atoms with Crippen molar-refractivity contribution in [2.24, 2.45) is 47.3 Å². The zero-order chi connectivity index (χ0) is 56.4. The number of esters is 2. The predicted molar refractivity (Wildman–Crippen MR) is 295 cm³/mol. The first-order valence-corrected chi connectivity index (χ1v) is 29.5. The molecular weight excluding hydrogens is 1030 g/mol. The third-order valence-corrected chi connectivity index (χ3v) is 19.4. The smallest absolute Gasteiger partial charge is 0.313 e. The van der Waals surface area contributed by atoms with Crippen LogP contribution in [0.15, 0.2) is 36.4 Å². The Labute approximate surface area is 468 Å². The van der Waals surface area contributed by atoms with E-state index in [1.165, 1.54) is 14.0 Å². The molecule has 6 aliphatic rings. The average molecular weight is 1120 g/mol. The number of amides is 1. The van der Waals surface area contributed by atoms with Gasteiger partial charge in [-0.15, -0.1) is 0 Å². The molecule has 2 spiro atoms. The third-order valence-electron chi connectivity index (χ3n) is 18.8. The van der Waals surface area contributed by atoms with Gasteiger partial charge in [0.05, 0.1) is 66.8 Å². The highest BCUT2D eigenvalue weighted by molar-refractivity contribution is 6.35. The van der Waals surface area contributed by atoms with Gasteiger partial charge in [-0.25, -0.2) is 0 Å². The standard InChI is InChI=1S/C60H90Cl2N2O13/c1-13-45(55(68)64-30-28-63(29-31-64)34-43(56(69)71-12)18-17-42-19-20-44(61)33-47(42)62)48-21-16-35(4)53(74-48)39(8)51(66)38(7)52(67)46(14-2)54-36(5)32-37(6)59(75-54)25-23-50(73-41(10)65)60(77-59)27-26-57(11,76-60)49-22-24-58(70,15-3)40(9)72-49/h17-20,23,25,33,35-40,43,45-46,48-51,53-54,66,70H,13-16,21-22,24,26-32,34H2,1-12H3/b18-17-/t35-,36-,37+,38-,39-,40-,43?,45?,46-,48+,49+,50+,51+,53+,54-,57-,58+,59-,60-/m0/s1. The van der Waals surface area contributed by atoms with Gasteiger partial charge in [0.15, 0.2) is 11.9 Å². The fraction of sp³-hybridized carbons (Fsp3) is 0.767. The molecule has 77 heavy (non-hydrogen) atoms. The number of halogens is 2. The first-order valence-electron chi connectivity index (χ1n) is 28.8. The summed E-state index contributed by atoms with van der Waals surface area (Å²) in [5, 5.41) is 24.5. The van der Waals surface area contributed by atoms with Gasteiger partial charge in [-0.2, -0.15) is 0 Å². The lowest BCUT2D eigenvalue weighted by atomic mass is 9.72. The highest BCUT2D eigenvalue weighted by atomic mass is 35.5. The molecule has 6 heterocycles. The highest BCUT2D eigenvalue weighted by Gasteiger charge is 2.64. The number of Topliss-reactive ketones (excluding diaryl/α,β-unsaturated/α-hetero) is 1. The van der Waals surface area contributed by atoms with E-state index in [0.29, 0.717) is 101 Å². The topological polar surface area (TPSA) is 180 Å². The Hall–Kier alpha value is -2.96. The van der Waals surface area contributed by atoms with Crippen LogP contribution in [0.1, 0.15) is 146 Å². The summed E-state index contributed by atoms with van der Waals surface area (Å²) < 4.78 is 45.8. The molecule has 6 aliphatic heterocycles. The highest BCUT2D eigenvalue weighted by Crippen LogP contribution is 2.55. The van der Waals surface area contributed by atoms with Gasteiger partial charge in [-0.1, -0.05) is 96.8 Å². The first kappa shape index (κ1) is 61.7. The molecule has 2 N–H and O–H groups in total. The minimum atomic E-state index is -1.40. The van der Waals surface area contributed by atoms with Crippen LogP contribution in [0.25, 0.3) is 6.08 Å². The SMILES string of the molecule is CCC(C(=O)N1CCN(CC(/C=C\c2ccc(Cl)cc2Cl)C(=O)OC)CC1)[C@H]1CC[C@H](C)[C@H]([C@@H](C)[C@H](O)[C@H](C)C(=O)[C@H](CC)[C@H]2O[C@]3(C=C[C@@H](OC(C)=O)[C@]4(CC[C@@](C)([C@H]5CC[C@](O)(CC)[C@H](C)O5)O4)O3)[C@H](C)C[C@@H]2C)O1. The molecule has 5 fully saturated rings. The number of benzene rings is 1. The minimum absolute atomic E-state index is 0.0386. The van der Waals surface area contributed by atoms with Crippen LogP contribution >= 0.6 is 23.2 Å². The lowest BCUT2D eigenvalue weighted by Crippen LogP contribution is -2.63. The van der Waals surface area contributed by atoms with Gasteiger partial charge < -0.3 is 48.3 Å². The number of carbonyl (C=O) groups excluding carboxylic acids is 4. The van der Waals surface area contributed by atoms with E-state index in [-0.39, 0.29) is 53.5 Å². The summed E-state index contributed by atoms with van der Waals surface area (Å²) in [7, 11) is 1.38. The van der Waals surface area contributed by atoms with Crippen molar-refractivity contribution in [3.05, 3.63) is 52.0 Å². The predicted octanol–water partition coefficient (Wildman–Crippen LogP) is 9.63. The maximum Gasteiger partial charge on any atom is 0.313 e. The number of methoxy groups -OCH3 is 1. The number of aliphatic hydroxyl groups is 2. The molecule has 15 nitrogen and oxygen atoms in total. The van der Waals surface area contributed by atoms with Crippen molar-refractivity contribution in [3.63, 3.8) is 0 Å². The van der Waals surface area contributed by atoms with E-state index in [1.807, 2.05) is 58.6 Å².